The maximum Gasteiger partial charge on any atom is 0.312 e. The molecular formula is C20H26N4O6S. The van der Waals surface area contributed by atoms with Crippen molar-refractivity contribution in [1.29, 1.82) is 5.26 Å². The second-order valence-corrected chi connectivity index (χ2v) is 9.94. The predicted molar refractivity (Wildman–Crippen MR) is 111 cm³/mol. The van der Waals surface area contributed by atoms with Gasteiger partial charge >= 0.3 is 5.69 Å². The first-order valence-corrected chi connectivity index (χ1v) is 11.8. The zero-order valence-corrected chi connectivity index (χ0v) is 18.2. The number of carbonyl (C=O) groups excluding carboxylic acids is 1. The number of nitrogens with zero attached hydrogens (tertiary/aromatic N) is 3. The average Bonchev–Trinajstić information content (AvgIpc) is 3.30. The number of sulfonamides is 1. The van der Waals surface area contributed by atoms with E-state index in [2.05, 4.69) is 11.4 Å². The molecule has 1 N–H and O–H groups in total. The summed E-state index contributed by atoms with van der Waals surface area (Å²) >= 11 is 0. The molecule has 1 saturated carbocycles. The molecule has 1 aliphatic heterocycles. The minimum absolute atomic E-state index is 0.184. The molecule has 1 aromatic rings. The van der Waals surface area contributed by atoms with Crippen LogP contribution in [0.2, 0.25) is 0 Å². The van der Waals surface area contributed by atoms with E-state index in [0.29, 0.717) is 25.9 Å². The highest BCUT2D eigenvalue weighted by Gasteiger charge is 2.36. The van der Waals surface area contributed by atoms with Gasteiger partial charge in [0.2, 0.25) is 10.0 Å². The monoisotopic (exact) mass is 450 g/mol. The summed E-state index contributed by atoms with van der Waals surface area (Å²) in [5, 5.41) is 23.8. The van der Waals surface area contributed by atoms with Crippen LogP contribution in [0, 0.1) is 21.4 Å². The van der Waals surface area contributed by atoms with Gasteiger partial charge in [-0.1, -0.05) is 19.3 Å². The molecule has 1 aromatic carbocycles. The highest BCUT2D eigenvalue weighted by molar-refractivity contribution is 7.89. The molecule has 1 heterocycles. The third-order valence-electron chi connectivity index (χ3n) is 5.79. The maximum atomic E-state index is 12.7. The van der Waals surface area contributed by atoms with E-state index in [1.54, 1.807) is 0 Å². The molecule has 31 heavy (non-hydrogen) atoms. The molecule has 0 radical (unpaired) electrons. The van der Waals surface area contributed by atoms with Gasteiger partial charge in [-0.15, -0.1) is 0 Å². The van der Waals surface area contributed by atoms with Crippen LogP contribution in [0.15, 0.2) is 23.1 Å². The van der Waals surface area contributed by atoms with Crippen molar-refractivity contribution < 1.29 is 22.9 Å². The smallest absolute Gasteiger partial charge is 0.312 e. The lowest BCUT2D eigenvalue weighted by Gasteiger charge is -2.32. The van der Waals surface area contributed by atoms with Gasteiger partial charge in [0.1, 0.15) is 5.54 Å². The van der Waals surface area contributed by atoms with Gasteiger partial charge in [0.25, 0.3) is 5.91 Å². The Balaban J connectivity index is 1.78. The Kier molecular flexibility index (Phi) is 6.81. The van der Waals surface area contributed by atoms with Crippen LogP contribution in [0.25, 0.3) is 0 Å². The third kappa shape index (κ3) is 4.97. The minimum Gasteiger partial charge on any atom is -0.474 e. The van der Waals surface area contributed by atoms with Gasteiger partial charge in [-0.25, -0.2) is 8.42 Å². The molecule has 0 aromatic heterocycles. The van der Waals surface area contributed by atoms with Crippen molar-refractivity contribution in [2.45, 2.75) is 68.4 Å². The Morgan fingerprint density at radius 1 is 1.26 bits per heavy atom. The highest BCUT2D eigenvalue weighted by Crippen LogP contribution is 2.33. The lowest BCUT2D eigenvalue weighted by atomic mass is 9.83. The number of rotatable bonds is 7. The number of nitrogens with one attached hydrogen (secondary N) is 1. The standard InChI is InChI=1S/C20H26N4O6S/c1-15(19(25)22-20(14-21)9-3-2-4-10-20)30-18-8-7-16(13-17(18)24(26)27)31(28,29)23-11-5-6-12-23/h7-8,13,15H,2-6,9-12H2,1H3,(H,22,25). The zero-order chi connectivity index (χ0) is 22.6. The Hall–Kier alpha value is -2.71. The summed E-state index contributed by atoms with van der Waals surface area (Å²) in [5.41, 5.74) is -1.49. The molecule has 10 nitrogen and oxygen atoms in total. The summed E-state index contributed by atoms with van der Waals surface area (Å²) in [6.07, 6.45) is 4.16. The van der Waals surface area contributed by atoms with Crippen LogP contribution in [-0.2, 0) is 14.8 Å². The molecule has 1 saturated heterocycles. The molecule has 3 rings (SSSR count). The number of ether oxygens (including phenoxy) is 1. The number of nitro benzene ring substituents is 1. The molecule has 2 aliphatic rings. The number of benzene rings is 1. The SMILES string of the molecule is CC(Oc1ccc(S(=O)(=O)N2CCCC2)cc1[N+](=O)[O-])C(=O)NC1(C#N)CCCCC1. The van der Waals surface area contributed by atoms with Gasteiger partial charge < -0.3 is 10.1 Å². The van der Waals surface area contributed by atoms with Crippen molar-refractivity contribution in [2.24, 2.45) is 0 Å². The number of nitriles is 1. The van der Waals surface area contributed by atoms with Crippen molar-refractivity contribution in [1.82, 2.24) is 9.62 Å². The van der Waals surface area contributed by atoms with Crippen LogP contribution in [0.4, 0.5) is 5.69 Å². The number of hydrogen-bond donors (Lipinski definition) is 1. The van der Waals surface area contributed by atoms with E-state index >= 15 is 0 Å². The fourth-order valence-electron chi connectivity index (χ4n) is 3.98. The van der Waals surface area contributed by atoms with Crippen molar-refractivity contribution in [3.8, 4) is 11.8 Å². The summed E-state index contributed by atoms with van der Waals surface area (Å²) in [6, 6.07) is 5.59. The van der Waals surface area contributed by atoms with Crippen LogP contribution in [0.3, 0.4) is 0 Å². The predicted octanol–water partition coefficient (Wildman–Crippen LogP) is 2.49. The fourth-order valence-corrected chi connectivity index (χ4v) is 5.52. The van der Waals surface area contributed by atoms with Gasteiger partial charge in [0, 0.05) is 19.2 Å². The lowest BCUT2D eigenvalue weighted by molar-refractivity contribution is -0.386. The molecule has 1 aliphatic carbocycles. The van der Waals surface area contributed by atoms with Gasteiger partial charge in [-0.05, 0) is 44.7 Å². The summed E-state index contributed by atoms with van der Waals surface area (Å²) in [6.45, 7) is 2.19. The molecule has 168 valence electrons. The van der Waals surface area contributed by atoms with Gasteiger partial charge in [-0.3, -0.25) is 14.9 Å². The Bertz CT molecular complexity index is 991. The van der Waals surface area contributed by atoms with Crippen LogP contribution >= 0.6 is 0 Å². The van der Waals surface area contributed by atoms with E-state index in [9.17, 15) is 28.6 Å². The molecule has 0 spiro atoms. The van der Waals surface area contributed by atoms with Gasteiger partial charge in [-0.2, -0.15) is 9.57 Å². The van der Waals surface area contributed by atoms with Crippen LogP contribution in [-0.4, -0.2) is 48.3 Å². The first-order chi connectivity index (χ1) is 14.7. The maximum absolute atomic E-state index is 12.7. The van der Waals surface area contributed by atoms with Crippen molar-refractivity contribution in [2.75, 3.05) is 13.1 Å². The Morgan fingerprint density at radius 2 is 1.90 bits per heavy atom. The quantitative estimate of drug-likeness (QED) is 0.496. The zero-order valence-electron chi connectivity index (χ0n) is 17.4. The summed E-state index contributed by atoms with van der Waals surface area (Å²) in [4.78, 5) is 23.2. The summed E-state index contributed by atoms with van der Waals surface area (Å²) in [7, 11) is -3.83. The van der Waals surface area contributed by atoms with E-state index in [1.807, 2.05) is 0 Å². The summed E-state index contributed by atoms with van der Waals surface area (Å²) in [5.74, 6) is -0.755. The Morgan fingerprint density at radius 3 is 2.48 bits per heavy atom. The number of carbonyl (C=O) groups is 1. The van der Waals surface area contributed by atoms with Crippen molar-refractivity contribution >= 4 is 21.6 Å². The lowest BCUT2D eigenvalue weighted by Crippen LogP contribution is -2.52. The first kappa shape index (κ1) is 23.0. The topological polar surface area (TPSA) is 143 Å². The van der Waals surface area contributed by atoms with Crippen LogP contribution in [0.5, 0.6) is 5.75 Å². The van der Waals surface area contributed by atoms with Gasteiger partial charge in [0.05, 0.1) is 15.9 Å². The van der Waals surface area contributed by atoms with E-state index in [0.717, 1.165) is 38.2 Å². The minimum atomic E-state index is -3.83. The molecule has 1 amide bonds. The number of nitro groups is 1. The first-order valence-electron chi connectivity index (χ1n) is 10.4. The summed E-state index contributed by atoms with van der Waals surface area (Å²) < 4.78 is 32.2. The van der Waals surface area contributed by atoms with E-state index in [4.69, 9.17) is 4.74 Å². The molecule has 1 unspecified atom stereocenters. The average molecular weight is 451 g/mol. The molecule has 1 atom stereocenters. The molecular weight excluding hydrogens is 424 g/mol. The number of hydrogen-bond acceptors (Lipinski definition) is 7. The van der Waals surface area contributed by atoms with E-state index < -0.39 is 38.2 Å². The molecule has 11 heteroatoms. The molecule has 0 bridgehead atoms. The second-order valence-electron chi connectivity index (χ2n) is 8.00. The Labute approximate surface area is 181 Å². The normalized spacial score (nSPS) is 19.9. The van der Waals surface area contributed by atoms with Crippen molar-refractivity contribution in [3.63, 3.8) is 0 Å². The highest BCUT2D eigenvalue weighted by atomic mass is 32.2. The molecule has 2 fully saturated rings. The number of amides is 1. The van der Waals surface area contributed by atoms with Crippen LogP contribution < -0.4 is 10.1 Å². The van der Waals surface area contributed by atoms with Crippen molar-refractivity contribution in [3.05, 3.63) is 28.3 Å². The van der Waals surface area contributed by atoms with E-state index in [-0.39, 0.29) is 10.6 Å². The largest absolute Gasteiger partial charge is 0.474 e. The van der Waals surface area contributed by atoms with E-state index in [1.165, 1.54) is 23.4 Å². The van der Waals surface area contributed by atoms with Crippen LogP contribution in [0.1, 0.15) is 51.9 Å². The second kappa shape index (κ2) is 9.20. The fraction of sp³-hybridized carbons (Fsp3) is 0.600. The third-order valence-corrected chi connectivity index (χ3v) is 7.68. The van der Waals surface area contributed by atoms with Gasteiger partial charge in [0.15, 0.2) is 11.9 Å².